The number of sulfone groups is 1. The van der Waals surface area contributed by atoms with Gasteiger partial charge in [-0.3, -0.25) is 24.6 Å². The second-order valence-corrected chi connectivity index (χ2v) is 21.3. The Hall–Kier alpha value is -6.58. The van der Waals surface area contributed by atoms with Crippen LogP contribution < -0.4 is 19.5 Å². The zero-order valence-corrected chi connectivity index (χ0v) is 42.6. The Morgan fingerprint density at radius 2 is 1.41 bits per heavy atom. The van der Waals surface area contributed by atoms with Crippen LogP contribution in [0.2, 0.25) is 0 Å². The van der Waals surface area contributed by atoms with Crippen molar-refractivity contribution in [2.24, 2.45) is 5.92 Å². The van der Waals surface area contributed by atoms with E-state index in [4.69, 9.17) is 23.7 Å². The molecule has 0 bridgehead atoms. The smallest absolute Gasteiger partial charge is 0.255 e. The molecular weight excluding hydrogens is 943 g/mol. The maximum absolute atomic E-state index is 13.3. The van der Waals surface area contributed by atoms with Gasteiger partial charge in [0.25, 0.3) is 5.91 Å². The summed E-state index contributed by atoms with van der Waals surface area (Å²) in [5, 5.41) is 4.23. The summed E-state index contributed by atoms with van der Waals surface area (Å²) in [6.07, 6.45) is 7.20. The van der Waals surface area contributed by atoms with E-state index in [0.717, 1.165) is 96.3 Å². The van der Waals surface area contributed by atoms with E-state index >= 15 is 0 Å². The van der Waals surface area contributed by atoms with E-state index in [-0.39, 0.29) is 29.0 Å². The number of amides is 3. The Balaban J connectivity index is 0.685. The molecule has 73 heavy (non-hydrogen) atoms. The van der Waals surface area contributed by atoms with Crippen LogP contribution in [0.25, 0.3) is 21.9 Å². The summed E-state index contributed by atoms with van der Waals surface area (Å²) >= 11 is 0. The Bertz CT molecular complexity index is 2980. The number of ether oxygens (including phenoxy) is 5. The standard InChI is InChI=1S/C59H65N3O10S/c1-3-61(31-34-69-37-36-68-33-30-41-12-14-43(15-13-41)50-10-7-11-53-54(50)39-62(59(53)65)55-28-29-56(63)60-58(55)64)32-35-70-46-19-21-47(22-20-46)72-57-51(44-16-24-49(25-17-44)73(2,66)67)26-18-45-38-48(23-27-52(45)57)71-40-42-8-5-4-6-9-42/h4-11,16-27,38,41,43,55H,3,12-15,28-37,39-40H2,1-2H3,(H,60,63,64). The van der Waals surface area contributed by atoms with E-state index in [2.05, 4.69) is 23.2 Å². The van der Waals surface area contributed by atoms with Crippen molar-refractivity contribution in [2.45, 2.75) is 81.9 Å². The molecule has 6 aromatic carbocycles. The van der Waals surface area contributed by atoms with Crippen molar-refractivity contribution in [1.29, 1.82) is 0 Å². The summed E-state index contributed by atoms with van der Waals surface area (Å²) in [5.74, 6) is 2.98. The molecule has 6 aromatic rings. The lowest BCUT2D eigenvalue weighted by atomic mass is 9.76. The van der Waals surface area contributed by atoms with Gasteiger partial charge in [0.1, 0.15) is 42.3 Å². The number of rotatable bonds is 23. The maximum atomic E-state index is 13.3. The molecule has 2 aliphatic heterocycles. The number of likely N-dealkylation sites (N-methyl/N-ethyl adjacent to an activating group) is 1. The Kier molecular flexibility index (Phi) is 16.9. The normalized spacial score (nSPS) is 18.0. The molecule has 3 aliphatic rings. The summed E-state index contributed by atoms with van der Waals surface area (Å²) in [4.78, 5) is 41.8. The number of carbonyl (C=O) groups excluding carboxylic acids is 3. The van der Waals surface area contributed by atoms with Crippen LogP contribution in [0, 0.1) is 5.92 Å². The molecule has 14 heteroatoms. The Morgan fingerprint density at radius 3 is 2.15 bits per heavy atom. The van der Waals surface area contributed by atoms with Gasteiger partial charge in [-0.2, -0.15) is 0 Å². The SMILES string of the molecule is CCN(CCOCCOCCC1CCC(c2cccc3c2CN(C2CCC(=O)NC2=O)C3=O)CC1)CCOc1ccc(Oc2c(-c3ccc(S(C)(=O)=O)cc3)ccc3cc(OCc4ccccc4)ccc23)cc1. The fraction of sp³-hybridized carbons (Fsp3) is 0.373. The second-order valence-electron chi connectivity index (χ2n) is 19.3. The molecule has 1 aliphatic carbocycles. The molecule has 0 radical (unpaired) electrons. The van der Waals surface area contributed by atoms with E-state index in [0.29, 0.717) is 81.5 Å². The molecule has 1 atom stereocenters. The lowest BCUT2D eigenvalue weighted by molar-refractivity contribution is -0.136. The van der Waals surface area contributed by atoms with Crippen LogP contribution >= 0.6 is 0 Å². The molecule has 9 rings (SSSR count). The zero-order valence-electron chi connectivity index (χ0n) is 41.8. The highest BCUT2D eigenvalue weighted by Gasteiger charge is 2.40. The maximum Gasteiger partial charge on any atom is 0.255 e. The summed E-state index contributed by atoms with van der Waals surface area (Å²) in [6.45, 7) is 8.34. The van der Waals surface area contributed by atoms with Crippen molar-refractivity contribution in [3.8, 4) is 34.1 Å². The minimum absolute atomic E-state index is 0.114. The summed E-state index contributed by atoms with van der Waals surface area (Å²) in [7, 11) is -3.35. The molecule has 1 saturated heterocycles. The van der Waals surface area contributed by atoms with E-state index in [1.54, 1.807) is 17.0 Å². The van der Waals surface area contributed by atoms with Crippen molar-refractivity contribution < 1.29 is 46.5 Å². The molecule has 382 valence electrons. The quantitative estimate of drug-likeness (QED) is 0.0483. The van der Waals surface area contributed by atoms with Crippen LogP contribution in [0.15, 0.2) is 132 Å². The van der Waals surface area contributed by atoms with Gasteiger partial charge in [0.05, 0.1) is 24.7 Å². The van der Waals surface area contributed by atoms with Gasteiger partial charge in [0.15, 0.2) is 9.84 Å². The average Bonchev–Trinajstić information content (AvgIpc) is 3.74. The van der Waals surface area contributed by atoms with Crippen LogP contribution in [0.4, 0.5) is 0 Å². The third kappa shape index (κ3) is 13.0. The number of hydrogen-bond acceptors (Lipinski definition) is 11. The Morgan fingerprint density at radius 1 is 0.685 bits per heavy atom. The number of nitrogens with one attached hydrogen (secondary N) is 1. The number of imide groups is 1. The first-order chi connectivity index (χ1) is 35.5. The van der Waals surface area contributed by atoms with Crippen molar-refractivity contribution >= 4 is 38.3 Å². The van der Waals surface area contributed by atoms with E-state index in [9.17, 15) is 22.8 Å². The largest absolute Gasteiger partial charge is 0.492 e. The van der Waals surface area contributed by atoms with Gasteiger partial charge in [-0.1, -0.05) is 67.6 Å². The molecule has 0 spiro atoms. The highest BCUT2D eigenvalue weighted by molar-refractivity contribution is 7.90. The molecular formula is C59H65N3O10S. The van der Waals surface area contributed by atoms with Crippen LogP contribution in [-0.2, 0) is 42.1 Å². The fourth-order valence-corrected chi connectivity index (χ4v) is 10.9. The molecule has 1 N–H and O–H groups in total. The lowest BCUT2D eigenvalue weighted by Crippen LogP contribution is -2.52. The number of fused-ring (bicyclic) bond motifs is 2. The molecule has 2 fully saturated rings. The third-order valence-electron chi connectivity index (χ3n) is 14.4. The number of nitrogens with zero attached hydrogens (tertiary/aromatic N) is 2. The Labute approximate surface area is 428 Å². The number of hydrogen-bond donors (Lipinski definition) is 1. The zero-order chi connectivity index (χ0) is 50.7. The molecule has 1 saturated carbocycles. The molecule has 13 nitrogen and oxygen atoms in total. The van der Waals surface area contributed by atoms with Gasteiger partial charge in [-0.25, -0.2) is 8.42 Å². The molecule has 0 aromatic heterocycles. The van der Waals surface area contributed by atoms with Crippen LogP contribution in [0.1, 0.15) is 84.8 Å². The van der Waals surface area contributed by atoms with E-state index in [1.165, 1.54) is 11.8 Å². The van der Waals surface area contributed by atoms with Gasteiger partial charge in [0.2, 0.25) is 11.8 Å². The summed E-state index contributed by atoms with van der Waals surface area (Å²) in [6, 6.07) is 39.8. The van der Waals surface area contributed by atoms with E-state index < -0.39 is 15.9 Å². The minimum atomic E-state index is -3.35. The number of carbonyl (C=O) groups is 3. The van der Waals surface area contributed by atoms with Crippen molar-refractivity contribution in [1.82, 2.24) is 15.1 Å². The van der Waals surface area contributed by atoms with Crippen molar-refractivity contribution in [3.05, 3.63) is 150 Å². The molecule has 3 amide bonds. The van der Waals surface area contributed by atoms with E-state index in [1.807, 2.05) is 109 Å². The van der Waals surface area contributed by atoms with Crippen molar-refractivity contribution in [2.75, 3.05) is 58.9 Å². The topological polar surface area (TPSA) is 150 Å². The highest BCUT2D eigenvalue weighted by Crippen LogP contribution is 2.43. The first-order valence-electron chi connectivity index (χ1n) is 25.6. The van der Waals surface area contributed by atoms with Gasteiger partial charge in [-0.15, -0.1) is 0 Å². The predicted octanol–water partition coefficient (Wildman–Crippen LogP) is 10.1. The number of benzene rings is 6. The second kappa shape index (κ2) is 24.0. The average molecular weight is 1010 g/mol. The molecule has 2 heterocycles. The van der Waals surface area contributed by atoms with Crippen LogP contribution in [-0.4, -0.2) is 101 Å². The third-order valence-corrected chi connectivity index (χ3v) is 15.6. The van der Waals surface area contributed by atoms with Gasteiger partial charge < -0.3 is 28.6 Å². The fourth-order valence-electron chi connectivity index (χ4n) is 10.3. The monoisotopic (exact) mass is 1010 g/mol. The summed E-state index contributed by atoms with van der Waals surface area (Å²) < 4.78 is 55.3. The van der Waals surface area contributed by atoms with Crippen molar-refractivity contribution in [3.63, 3.8) is 0 Å². The van der Waals surface area contributed by atoms with Gasteiger partial charge in [-0.05, 0) is 151 Å². The van der Waals surface area contributed by atoms with Crippen LogP contribution in [0.3, 0.4) is 0 Å². The summed E-state index contributed by atoms with van der Waals surface area (Å²) in [5.41, 5.74) is 5.70. The predicted molar refractivity (Wildman–Crippen MR) is 281 cm³/mol. The molecule has 1 unspecified atom stereocenters. The van der Waals surface area contributed by atoms with Crippen LogP contribution in [0.5, 0.6) is 23.0 Å². The minimum Gasteiger partial charge on any atom is -0.492 e. The van der Waals surface area contributed by atoms with Gasteiger partial charge in [0, 0.05) is 55.4 Å². The highest BCUT2D eigenvalue weighted by atomic mass is 32.2. The first kappa shape index (κ1) is 51.3. The number of piperidine rings is 1. The first-order valence-corrected chi connectivity index (χ1v) is 27.5. The van der Waals surface area contributed by atoms with Gasteiger partial charge >= 0.3 is 0 Å². The lowest BCUT2D eigenvalue weighted by Gasteiger charge is -2.31.